The molecule has 1 aliphatic rings. The number of nitrogens with one attached hydrogen (secondary N) is 2. The Morgan fingerprint density at radius 1 is 0.841 bits per heavy atom. The first-order chi connectivity index (χ1) is 30.5. The Kier molecular flexibility index (Phi) is 14.1. The van der Waals surface area contributed by atoms with Crippen LogP contribution in [0.1, 0.15) is 43.2 Å². The summed E-state index contributed by atoms with van der Waals surface area (Å²) in [6, 6.07) is 30.1. The van der Waals surface area contributed by atoms with Gasteiger partial charge in [-0.15, -0.1) is 0 Å². The number of nitrogens with two attached hydrogens (primary N) is 1. The lowest BCUT2D eigenvalue weighted by Gasteiger charge is -2.36. The molecule has 16 heteroatoms. The summed E-state index contributed by atoms with van der Waals surface area (Å²) in [5.74, 6) is -2.02. The van der Waals surface area contributed by atoms with Crippen LogP contribution in [-0.2, 0) is 27.3 Å². The summed E-state index contributed by atoms with van der Waals surface area (Å²) in [5.41, 5.74) is 10.9. The minimum Gasteiger partial charge on any atom is -0.445 e. The van der Waals surface area contributed by atoms with Gasteiger partial charge < -0.3 is 30.3 Å². The van der Waals surface area contributed by atoms with Crippen LogP contribution >= 0.6 is 0 Å². The number of hydrogen-bond acceptors (Lipinski definition) is 10. The number of aromatic nitrogens is 3. The van der Waals surface area contributed by atoms with Crippen molar-refractivity contribution in [3.63, 3.8) is 0 Å². The van der Waals surface area contributed by atoms with Crippen molar-refractivity contribution in [3.8, 4) is 11.1 Å². The number of carbonyl (C=O) groups is 4. The number of carbonyl (C=O) groups excluding carboxylic acids is 4. The number of aryl methyl sites for hydroxylation is 1. The monoisotopic (exact) mass is 854 g/mol. The van der Waals surface area contributed by atoms with Crippen molar-refractivity contribution in [2.75, 3.05) is 64.8 Å². The molecule has 2 aromatic heterocycles. The quantitative estimate of drug-likeness (QED) is 0.119. The van der Waals surface area contributed by atoms with Gasteiger partial charge in [-0.2, -0.15) is 5.10 Å². The highest BCUT2D eigenvalue weighted by molar-refractivity contribution is 5.98. The fourth-order valence-electron chi connectivity index (χ4n) is 7.24. The number of halogens is 1. The molecule has 1 fully saturated rings. The number of nitrogen functional groups attached to an aromatic ring is 1. The van der Waals surface area contributed by atoms with E-state index in [9.17, 15) is 24.0 Å². The van der Waals surface area contributed by atoms with Gasteiger partial charge in [-0.1, -0.05) is 84.4 Å². The van der Waals surface area contributed by atoms with Crippen molar-refractivity contribution < 1.29 is 33.0 Å². The van der Waals surface area contributed by atoms with E-state index in [1.807, 2.05) is 61.5 Å². The first kappa shape index (κ1) is 43.6. The van der Waals surface area contributed by atoms with Crippen LogP contribution in [0.3, 0.4) is 0 Å². The maximum absolute atomic E-state index is 15.1. The number of rotatable bonds is 15. The Labute approximate surface area is 362 Å². The molecule has 324 valence electrons. The predicted molar refractivity (Wildman–Crippen MR) is 234 cm³/mol. The number of benzene rings is 4. The van der Waals surface area contributed by atoms with Gasteiger partial charge in [0, 0.05) is 62.8 Å². The third-order valence-corrected chi connectivity index (χ3v) is 10.6. The number of aromatic amines is 1. The third kappa shape index (κ3) is 11.1. The maximum Gasteiger partial charge on any atom is 0.410 e. The number of piperazine rings is 1. The molecular weight excluding hydrogens is 808 g/mol. The molecule has 6 aromatic rings. The third-order valence-electron chi connectivity index (χ3n) is 10.6. The molecule has 0 saturated carbocycles. The molecule has 15 nitrogen and oxygen atoms in total. The van der Waals surface area contributed by atoms with Gasteiger partial charge in [0.05, 0.1) is 35.5 Å². The van der Waals surface area contributed by atoms with E-state index >= 15 is 4.39 Å². The molecule has 4 N–H and O–H groups in total. The molecule has 1 saturated heterocycles. The molecule has 0 radical (unpaired) electrons. The minimum atomic E-state index is -0.714. The van der Waals surface area contributed by atoms with Gasteiger partial charge in [0.15, 0.2) is 5.69 Å². The van der Waals surface area contributed by atoms with Crippen LogP contribution in [0.15, 0.2) is 114 Å². The molecule has 0 aliphatic carbocycles. The molecule has 1 aliphatic heterocycles. The predicted octanol–water partition coefficient (Wildman–Crippen LogP) is 4.98. The molecule has 0 spiro atoms. The first-order valence-electron chi connectivity index (χ1n) is 20.5. The Bertz CT molecular complexity index is 2670. The summed E-state index contributed by atoms with van der Waals surface area (Å²) in [6.07, 6.45) is 1.14. The van der Waals surface area contributed by atoms with E-state index < -0.39 is 23.7 Å². The van der Waals surface area contributed by atoms with Crippen molar-refractivity contribution in [2.45, 2.75) is 20.0 Å². The van der Waals surface area contributed by atoms with Gasteiger partial charge in [0.2, 0.25) is 5.91 Å². The molecule has 7 rings (SSSR count). The number of fused-ring (bicyclic) bond motifs is 1. The molecule has 0 unspecified atom stereocenters. The fourth-order valence-corrected chi connectivity index (χ4v) is 7.24. The number of nitrogens with zero attached hydrogens (tertiary/aromatic N) is 5. The Balaban J connectivity index is 0.907. The van der Waals surface area contributed by atoms with Crippen LogP contribution < -0.4 is 16.6 Å². The second-order valence-corrected chi connectivity index (χ2v) is 15.1. The summed E-state index contributed by atoms with van der Waals surface area (Å²) in [5, 5.41) is 10.6. The van der Waals surface area contributed by atoms with E-state index in [2.05, 4.69) is 20.5 Å². The van der Waals surface area contributed by atoms with E-state index in [0.29, 0.717) is 22.0 Å². The molecule has 4 aromatic carbocycles. The second-order valence-electron chi connectivity index (χ2n) is 15.1. The maximum atomic E-state index is 15.1. The van der Waals surface area contributed by atoms with Crippen LogP contribution in [0.5, 0.6) is 0 Å². The van der Waals surface area contributed by atoms with E-state index in [1.165, 1.54) is 21.9 Å². The SMILES string of the molecule is Cc1cccc(-c2cnc(C(=O)NCCOCCN(CC(=O)N3CCN(C(=O)c4cc(Cc5n[nH]c(=O)c6ccccc56)ccc4F)CC3)C(=O)OCc3ccccc3)c(N)c2)c1. The highest BCUT2D eigenvalue weighted by Gasteiger charge is 2.29. The molecule has 3 heterocycles. The summed E-state index contributed by atoms with van der Waals surface area (Å²) in [6.45, 7) is 2.58. The van der Waals surface area contributed by atoms with Gasteiger partial charge in [-0.25, -0.2) is 19.3 Å². The highest BCUT2D eigenvalue weighted by Crippen LogP contribution is 2.24. The summed E-state index contributed by atoms with van der Waals surface area (Å²) < 4.78 is 26.4. The smallest absolute Gasteiger partial charge is 0.410 e. The van der Waals surface area contributed by atoms with Gasteiger partial charge in [-0.3, -0.25) is 24.1 Å². The lowest BCUT2D eigenvalue weighted by Crippen LogP contribution is -2.53. The lowest BCUT2D eigenvalue weighted by atomic mass is 10.0. The van der Waals surface area contributed by atoms with Crippen molar-refractivity contribution in [1.29, 1.82) is 0 Å². The Morgan fingerprint density at radius 3 is 2.35 bits per heavy atom. The van der Waals surface area contributed by atoms with Crippen LogP contribution in [0, 0.1) is 12.7 Å². The molecular formula is C47H47FN8O7. The number of anilines is 1. The van der Waals surface area contributed by atoms with Crippen LogP contribution in [0.4, 0.5) is 14.9 Å². The van der Waals surface area contributed by atoms with Crippen molar-refractivity contribution in [2.24, 2.45) is 0 Å². The first-order valence-corrected chi connectivity index (χ1v) is 20.5. The van der Waals surface area contributed by atoms with E-state index in [4.69, 9.17) is 15.2 Å². The van der Waals surface area contributed by atoms with Gasteiger partial charge in [0.1, 0.15) is 19.0 Å². The number of ether oxygens (including phenoxy) is 2. The zero-order valence-corrected chi connectivity index (χ0v) is 34.7. The van der Waals surface area contributed by atoms with Crippen LogP contribution in [0.2, 0.25) is 0 Å². The summed E-state index contributed by atoms with van der Waals surface area (Å²) in [7, 11) is 0. The zero-order valence-electron chi connectivity index (χ0n) is 34.7. The van der Waals surface area contributed by atoms with Gasteiger partial charge in [0.25, 0.3) is 17.4 Å². The van der Waals surface area contributed by atoms with Crippen LogP contribution in [0.25, 0.3) is 21.9 Å². The number of H-pyrrole nitrogens is 1. The molecule has 0 atom stereocenters. The average molecular weight is 855 g/mol. The Hall–Kier alpha value is -7.46. The number of hydrogen-bond donors (Lipinski definition) is 3. The summed E-state index contributed by atoms with van der Waals surface area (Å²) >= 11 is 0. The average Bonchev–Trinajstić information content (AvgIpc) is 3.30. The van der Waals surface area contributed by atoms with Crippen molar-refractivity contribution in [1.82, 2.24) is 35.2 Å². The molecule has 0 bridgehead atoms. The standard InChI is InChI=1S/C47H47FN8O7/c1-31-8-7-11-34(24-31)35-27-40(49)43(51-28-35)45(59)50-16-22-62-23-21-56(47(61)63-30-32-9-3-2-4-10-32)29-42(57)54-17-19-55(20-18-54)46(60)38-25-33(14-15-39(38)48)26-41-36-12-5-6-13-37(36)44(58)53-52-41/h2-15,24-25,27-28H,16-23,26,29-30,49H2,1H3,(H,50,59)(H,53,58). The largest absolute Gasteiger partial charge is 0.445 e. The van der Waals surface area contributed by atoms with Gasteiger partial charge >= 0.3 is 6.09 Å². The molecule has 4 amide bonds. The minimum absolute atomic E-state index is 0.00307. The molecule has 63 heavy (non-hydrogen) atoms. The number of pyridine rings is 1. The highest BCUT2D eigenvalue weighted by atomic mass is 19.1. The van der Waals surface area contributed by atoms with E-state index in [1.54, 1.807) is 47.5 Å². The fraction of sp³-hybridized carbons (Fsp3) is 0.255. The Morgan fingerprint density at radius 2 is 1.59 bits per heavy atom. The zero-order chi connectivity index (χ0) is 44.3. The normalized spacial score (nSPS) is 12.5. The lowest BCUT2D eigenvalue weighted by molar-refractivity contribution is -0.133. The number of amides is 4. The van der Waals surface area contributed by atoms with Crippen molar-refractivity contribution in [3.05, 3.63) is 159 Å². The van der Waals surface area contributed by atoms with E-state index in [-0.39, 0.29) is 100 Å². The second kappa shape index (κ2) is 20.4. The van der Waals surface area contributed by atoms with Crippen LogP contribution in [-0.4, -0.2) is 113 Å². The summed E-state index contributed by atoms with van der Waals surface area (Å²) in [4.78, 5) is 74.2. The topological polar surface area (TPSA) is 193 Å². The van der Waals surface area contributed by atoms with Crippen molar-refractivity contribution >= 4 is 40.3 Å². The van der Waals surface area contributed by atoms with Gasteiger partial charge in [-0.05, 0) is 47.9 Å². The van der Waals surface area contributed by atoms with E-state index in [0.717, 1.165) is 22.3 Å².